The normalized spacial score (nSPS) is 11.8. The molecule has 168 valence electrons. The maximum absolute atomic E-state index is 13.2. The van der Waals surface area contributed by atoms with Crippen molar-refractivity contribution in [2.75, 3.05) is 11.3 Å². The standard InChI is InChI=1S/C23H24FN3O3S2/c1-15-11-23(16(2)31-15)32(28,29)27-19-6-3-5-17(12-19)14-25-10-4-7-21-20-9-8-18(24)13-22(20)30-26-21/h3,5-6,8-9,11-13,25,27H,4,7,10,14H2,1-2H3. The zero-order chi connectivity index (χ0) is 22.7. The Morgan fingerprint density at radius 3 is 2.75 bits per heavy atom. The summed E-state index contributed by atoms with van der Waals surface area (Å²) in [5.41, 5.74) is 2.79. The SMILES string of the molecule is Cc1cc(S(=O)(=O)Nc2cccc(CNCCCc3noc4cc(F)ccc34)c2)c(C)s1. The molecule has 2 N–H and O–H groups in total. The second kappa shape index (κ2) is 9.40. The van der Waals surface area contributed by atoms with Crippen LogP contribution in [0.1, 0.15) is 27.4 Å². The number of nitrogens with one attached hydrogen (secondary N) is 2. The van der Waals surface area contributed by atoms with Crippen LogP contribution >= 0.6 is 11.3 Å². The molecule has 2 heterocycles. The van der Waals surface area contributed by atoms with Crippen molar-refractivity contribution in [1.29, 1.82) is 0 Å². The second-order valence-electron chi connectivity index (χ2n) is 7.63. The molecule has 0 aliphatic carbocycles. The summed E-state index contributed by atoms with van der Waals surface area (Å²) in [6.07, 6.45) is 1.55. The van der Waals surface area contributed by atoms with E-state index in [1.54, 1.807) is 18.2 Å². The molecule has 6 nitrogen and oxygen atoms in total. The highest BCUT2D eigenvalue weighted by Crippen LogP contribution is 2.27. The van der Waals surface area contributed by atoms with Crippen molar-refractivity contribution in [3.05, 3.63) is 75.4 Å². The molecule has 0 atom stereocenters. The van der Waals surface area contributed by atoms with Crippen LogP contribution in [0.4, 0.5) is 10.1 Å². The summed E-state index contributed by atoms with van der Waals surface area (Å²) in [6, 6.07) is 13.5. The van der Waals surface area contributed by atoms with Gasteiger partial charge in [0.15, 0.2) is 5.58 Å². The maximum Gasteiger partial charge on any atom is 0.262 e. The summed E-state index contributed by atoms with van der Waals surface area (Å²) < 4.78 is 46.5. The van der Waals surface area contributed by atoms with Crippen LogP contribution < -0.4 is 10.0 Å². The van der Waals surface area contributed by atoms with Gasteiger partial charge in [-0.2, -0.15) is 0 Å². The Balaban J connectivity index is 1.30. The van der Waals surface area contributed by atoms with Crippen LogP contribution in [0.25, 0.3) is 11.0 Å². The first-order chi connectivity index (χ1) is 15.3. The van der Waals surface area contributed by atoms with Crippen molar-refractivity contribution in [1.82, 2.24) is 10.5 Å². The Morgan fingerprint density at radius 1 is 1.12 bits per heavy atom. The third kappa shape index (κ3) is 5.17. The highest BCUT2D eigenvalue weighted by atomic mass is 32.2. The number of hydrogen-bond donors (Lipinski definition) is 2. The molecule has 0 fully saturated rings. The van der Waals surface area contributed by atoms with Crippen molar-refractivity contribution in [2.45, 2.75) is 38.1 Å². The van der Waals surface area contributed by atoms with E-state index in [4.69, 9.17) is 4.52 Å². The van der Waals surface area contributed by atoms with E-state index in [0.29, 0.717) is 29.1 Å². The van der Waals surface area contributed by atoms with E-state index in [1.165, 1.54) is 23.5 Å². The quantitative estimate of drug-likeness (QED) is 0.328. The minimum Gasteiger partial charge on any atom is -0.356 e. The fourth-order valence-corrected chi connectivity index (χ4v) is 6.19. The lowest BCUT2D eigenvalue weighted by Crippen LogP contribution is -2.16. The van der Waals surface area contributed by atoms with Crippen molar-refractivity contribution < 1.29 is 17.3 Å². The Bertz CT molecular complexity index is 1350. The predicted molar refractivity (Wildman–Crippen MR) is 125 cm³/mol. The first-order valence-corrected chi connectivity index (χ1v) is 12.5. The largest absolute Gasteiger partial charge is 0.356 e. The molecular weight excluding hydrogens is 449 g/mol. The molecule has 32 heavy (non-hydrogen) atoms. The van der Waals surface area contributed by atoms with Crippen LogP contribution in [0.3, 0.4) is 0 Å². The number of rotatable bonds is 9. The van der Waals surface area contributed by atoms with Gasteiger partial charge in [-0.05, 0) is 69.1 Å². The summed E-state index contributed by atoms with van der Waals surface area (Å²) in [5, 5.41) is 8.23. The molecule has 9 heteroatoms. The van der Waals surface area contributed by atoms with Gasteiger partial charge in [-0.1, -0.05) is 17.3 Å². The van der Waals surface area contributed by atoms with E-state index in [2.05, 4.69) is 15.2 Å². The average Bonchev–Trinajstić information content (AvgIpc) is 3.30. The third-order valence-corrected chi connectivity index (χ3v) is 7.67. The van der Waals surface area contributed by atoms with Gasteiger partial charge in [-0.15, -0.1) is 11.3 Å². The molecule has 0 unspecified atom stereocenters. The molecule has 2 aromatic carbocycles. The Morgan fingerprint density at radius 2 is 1.97 bits per heavy atom. The molecule has 0 aliphatic heterocycles. The van der Waals surface area contributed by atoms with Gasteiger partial charge in [0.05, 0.1) is 5.69 Å². The highest BCUT2D eigenvalue weighted by Gasteiger charge is 2.19. The van der Waals surface area contributed by atoms with Crippen LogP contribution in [0.2, 0.25) is 0 Å². The van der Waals surface area contributed by atoms with Crippen LogP contribution in [-0.4, -0.2) is 20.1 Å². The van der Waals surface area contributed by atoms with Gasteiger partial charge in [-0.25, -0.2) is 12.8 Å². The zero-order valence-corrected chi connectivity index (χ0v) is 19.4. The van der Waals surface area contributed by atoms with Crippen molar-refractivity contribution in [3.63, 3.8) is 0 Å². The number of benzene rings is 2. The predicted octanol–water partition coefficient (Wildman–Crippen LogP) is 5.17. The number of nitrogens with zero attached hydrogens (tertiary/aromatic N) is 1. The molecule has 0 saturated heterocycles. The molecule has 4 rings (SSSR count). The smallest absolute Gasteiger partial charge is 0.262 e. The Hall–Kier alpha value is -2.75. The van der Waals surface area contributed by atoms with Gasteiger partial charge in [0.1, 0.15) is 10.7 Å². The minimum absolute atomic E-state index is 0.326. The average molecular weight is 474 g/mol. The number of fused-ring (bicyclic) bond motifs is 1. The molecule has 0 amide bonds. The van der Waals surface area contributed by atoms with E-state index in [1.807, 2.05) is 32.0 Å². The van der Waals surface area contributed by atoms with E-state index >= 15 is 0 Å². The highest BCUT2D eigenvalue weighted by molar-refractivity contribution is 7.93. The van der Waals surface area contributed by atoms with Crippen molar-refractivity contribution in [2.24, 2.45) is 0 Å². The van der Waals surface area contributed by atoms with Crippen LogP contribution in [0, 0.1) is 19.7 Å². The summed E-state index contributed by atoms with van der Waals surface area (Å²) in [5.74, 6) is -0.341. The number of halogens is 1. The fraction of sp³-hybridized carbons (Fsp3) is 0.261. The lowest BCUT2D eigenvalue weighted by atomic mass is 10.1. The lowest BCUT2D eigenvalue weighted by Gasteiger charge is -2.10. The summed E-state index contributed by atoms with van der Waals surface area (Å²) in [7, 11) is -3.61. The molecule has 0 spiro atoms. The Labute approximate surface area is 190 Å². The molecule has 4 aromatic rings. The first kappa shape index (κ1) is 22.4. The number of aryl methyl sites for hydroxylation is 3. The monoisotopic (exact) mass is 473 g/mol. The summed E-state index contributed by atoms with van der Waals surface area (Å²) in [4.78, 5) is 2.07. The number of hydrogen-bond acceptors (Lipinski definition) is 6. The molecular formula is C23H24FN3O3S2. The number of anilines is 1. The number of sulfonamides is 1. The van der Waals surface area contributed by atoms with Crippen molar-refractivity contribution >= 4 is 38.0 Å². The molecule has 0 bridgehead atoms. The van der Waals surface area contributed by atoms with Crippen LogP contribution in [0.5, 0.6) is 0 Å². The van der Waals surface area contributed by atoms with Gasteiger partial charge in [0.2, 0.25) is 0 Å². The molecule has 0 radical (unpaired) electrons. The van der Waals surface area contributed by atoms with E-state index in [9.17, 15) is 12.8 Å². The third-order valence-electron chi connectivity index (χ3n) is 5.07. The Kier molecular flexibility index (Phi) is 6.59. The van der Waals surface area contributed by atoms with Crippen LogP contribution in [0.15, 0.2) is 57.9 Å². The molecule has 2 aromatic heterocycles. The number of aromatic nitrogens is 1. The van der Waals surface area contributed by atoms with E-state index < -0.39 is 10.0 Å². The van der Waals surface area contributed by atoms with Gasteiger partial charge >= 0.3 is 0 Å². The zero-order valence-electron chi connectivity index (χ0n) is 17.8. The van der Waals surface area contributed by atoms with Gasteiger partial charge in [0.25, 0.3) is 10.0 Å². The topological polar surface area (TPSA) is 84.2 Å². The van der Waals surface area contributed by atoms with Gasteiger partial charge < -0.3 is 9.84 Å². The number of thiophene rings is 1. The maximum atomic E-state index is 13.2. The fourth-order valence-electron chi connectivity index (χ4n) is 3.59. The summed E-state index contributed by atoms with van der Waals surface area (Å²) in [6.45, 7) is 5.07. The first-order valence-electron chi connectivity index (χ1n) is 10.3. The molecule has 0 saturated carbocycles. The summed E-state index contributed by atoms with van der Waals surface area (Å²) >= 11 is 1.47. The minimum atomic E-state index is -3.61. The molecule has 0 aliphatic rings. The van der Waals surface area contributed by atoms with Gasteiger partial charge in [-0.3, -0.25) is 4.72 Å². The second-order valence-corrected chi connectivity index (χ2v) is 10.7. The lowest BCUT2D eigenvalue weighted by molar-refractivity contribution is 0.442. The van der Waals surface area contributed by atoms with E-state index in [-0.39, 0.29) is 5.82 Å². The van der Waals surface area contributed by atoms with E-state index in [0.717, 1.165) is 39.4 Å². The van der Waals surface area contributed by atoms with Gasteiger partial charge in [0, 0.05) is 33.4 Å². The van der Waals surface area contributed by atoms with Crippen molar-refractivity contribution in [3.8, 4) is 0 Å². The van der Waals surface area contributed by atoms with Crippen LogP contribution in [-0.2, 0) is 23.0 Å².